The summed E-state index contributed by atoms with van der Waals surface area (Å²) in [6.45, 7) is 6.60. The van der Waals surface area contributed by atoms with Crippen molar-refractivity contribution in [1.82, 2.24) is 20.9 Å². The molecule has 3 N–H and O–H groups in total. The number of ether oxygens (including phenoxy) is 1. The number of carbonyl (C=O) groups excluding carboxylic acids is 3. The Bertz CT molecular complexity index is 822. The van der Waals surface area contributed by atoms with Crippen LogP contribution in [0, 0.1) is 0 Å². The second-order valence-electron chi connectivity index (χ2n) is 8.18. The van der Waals surface area contributed by atoms with Gasteiger partial charge in [0.2, 0.25) is 11.8 Å². The molecule has 1 unspecified atom stereocenters. The molecule has 28 heavy (non-hydrogen) atoms. The molecule has 0 saturated carbocycles. The number of piperidine rings is 1. The minimum atomic E-state index is -0.573. The molecule has 8 nitrogen and oxygen atoms in total. The summed E-state index contributed by atoms with van der Waals surface area (Å²) in [5.41, 5.74) is 2.38. The van der Waals surface area contributed by atoms with Crippen molar-refractivity contribution in [3.63, 3.8) is 0 Å². The van der Waals surface area contributed by atoms with E-state index in [1.807, 2.05) is 32.0 Å². The quantitative estimate of drug-likeness (QED) is 0.628. The number of hydrogen-bond donors (Lipinski definition) is 3. The summed E-state index contributed by atoms with van der Waals surface area (Å²) in [4.78, 5) is 37.8. The van der Waals surface area contributed by atoms with E-state index in [0.717, 1.165) is 17.7 Å². The Labute approximate surface area is 164 Å². The van der Waals surface area contributed by atoms with Crippen LogP contribution in [0.25, 0.3) is 0 Å². The molecular weight excluding hydrogens is 360 g/mol. The second-order valence-corrected chi connectivity index (χ2v) is 8.18. The van der Waals surface area contributed by atoms with Gasteiger partial charge in [0.1, 0.15) is 11.8 Å². The van der Waals surface area contributed by atoms with Gasteiger partial charge in [-0.25, -0.2) is 0 Å². The van der Waals surface area contributed by atoms with Crippen molar-refractivity contribution in [1.29, 1.82) is 0 Å². The van der Waals surface area contributed by atoms with Crippen molar-refractivity contribution in [2.75, 3.05) is 13.2 Å². The molecule has 2 fully saturated rings. The first-order valence-electron chi connectivity index (χ1n) is 9.71. The average Bonchev–Trinajstić information content (AvgIpc) is 3.14. The molecule has 0 aliphatic carbocycles. The highest BCUT2D eigenvalue weighted by molar-refractivity contribution is 6.05. The Morgan fingerprint density at radius 3 is 2.82 bits per heavy atom. The third-order valence-electron chi connectivity index (χ3n) is 5.50. The van der Waals surface area contributed by atoms with Crippen LogP contribution in [0.5, 0.6) is 0 Å². The lowest BCUT2D eigenvalue weighted by Crippen LogP contribution is -2.52. The third-order valence-corrected chi connectivity index (χ3v) is 5.50. The Morgan fingerprint density at radius 2 is 2.11 bits per heavy atom. The monoisotopic (exact) mass is 386 g/mol. The Morgan fingerprint density at radius 1 is 1.29 bits per heavy atom. The molecule has 4 rings (SSSR count). The van der Waals surface area contributed by atoms with Crippen LogP contribution in [0.3, 0.4) is 0 Å². The first-order chi connectivity index (χ1) is 13.3. The standard InChI is InChI=1S/C20H26N4O4/c1-20(2)23-14(11-28-20)9-21-8-12-3-4-15-13(7-12)10-24(19(15)27)16-5-6-17(25)22-18(16)26/h3-4,7,14,16,21,23H,5-6,8-11H2,1-2H3,(H,22,25,26)/t14-,16?/m0/s1. The highest BCUT2D eigenvalue weighted by Gasteiger charge is 2.39. The molecule has 2 atom stereocenters. The van der Waals surface area contributed by atoms with Gasteiger partial charge in [-0.3, -0.25) is 25.0 Å². The van der Waals surface area contributed by atoms with Gasteiger partial charge in [0.05, 0.1) is 6.61 Å². The normalized spacial score (nSPS) is 26.5. The summed E-state index contributed by atoms with van der Waals surface area (Å²) in [6.07, 6.45) is 0.646. The summed E-state index contributed by atoms with van der Waals surface area (Å²) in [7, 11) is 0. The maximum atomic E-state index is 12.7. The molecule has 3 heterocycles. The Balaban J connectivity index is 1.36. The number of benzene rings is 1. The Kier molecular flexibility index (Phi) is 4.95. The number of carbonyl (C=O) groups is 3. The van der Waals surface area contributed by atoms with Crippen LogP contribution >= 0.6 is 0 Å². The number of hydrogen-bond acceptors (Lipinski definition) is 6. The van der Waals surface area contributed by atoms with E-state index in [0.29, 0.717) is 31.7 Å². The Hall–Kier alpha value is -2.29. The van der Waals surface area contributed by atoms with Gasteiger partial charge in [0.25, 0.3) is 5.91 Å². The molecule has 1 aromatic rings. The largest absolute Gasteiger partial charge is 0.360 e. The fourth-order valence-electron chi connectivity index (χ4n) is 4.12. The van der Waals surface area contributed by atoms with E-state index in [1.165, 1.54) is 0 Å². The fourth-order valence-corrected chi connectivity index (χ4v) is 4.12. The van der Waals surface area contributed by atoms with E-state index in [2.05, 4.69) is 16.0 Å². The SMILES string of the molecule is CC1(C)N[C@@H](CNCc2ccc3c(c2)CN(C2CCC(=O)NC2=O)C3=O)CO1. The van der Waals surface area contributed by atoms with Gasteiger partial charge >= 0.3 is 0 Å². The lowest BCUT2D eigenvalue weighted by Gasteiger charge is -2.29. The van der Waals surface area contributed by atoms with Gasteiger partial charge in [0, 0.05) is 37.7 Å². The maximum absolute atomic E-state index is 12.7. The summed E-state index contributed by atoms with van der Waals surface area (Å²) in [5.74, 6) is -0.795. The highest BCUT2D eigenvalue weighted by Crippen LogP contribution is 2.28. The lowest BCUT2D eigenvalue weighted by molar-refractivity contribution is -0.136. The molecule has 3 aliphatic heterocycles. The van der Waals surface area contributed by atoms with E-state index in [-0.39, 0.29) is 35.9 Å². The predicted octanol–water partition coefficient (Wildman–Crippen LogP) is 0.262. The van der Waals surface area contributed by atoms with Crippen LogP contribution in [-0.4, -0.2) is 53.6 Å². The molecule has 150 valence electrons. The van der Waals surface area contributed by atoms with E-state index in [4.69, 9.17) is 4.74 Å². The zero-order chi connectivity index (χ0) is 19.9. The number of amides is 3. The van der Waals surface area contributed by atoms with E-state index >= 15 is 0 Å². The average molecular weight is 386 g/mol. The van der Waals surface area contributed by atoms with E-state index in [9.17, 15) is 14.4 Å². The van der Waals surface area contributed by atoms with Crippen LogP contribution in [0.2, 0.25) is 0 Å². The van der Waals surface area contributed by atoms with Crippen LogP contribution in [0.1, 0.15) is 48.2 Å². The molecular formula is C20H26N4O4. The molecule has 2 saturated heterocycles. The molecule has 3 aliphatic rings. The first-order valence-corrected chi connectivity index (χ1v) is 9.71. The second kappa shape index (κ2) is 7.27. The minimum absolute atomic E-state index is 0.140. The molecule has 8 heteroatoms. The summed E-state index contributed by atoms with van der Waals surface area (Å²) in [5, 5.41) is 9.17. The number of imide groups is 1. The van der Waals surface area contributed by atoms with Crippen molar-refractivity contribution in [3.05, 3.63) is 34.9 Å². The molecule has 0 bridgehead atoms. The topological polar surface area (TPSA) is 99.8 Å². The van der Waals surface area contributed by atoms with Crippen molar-refractivity contribution in [2.45, 2.75) is 57.6 Å². The predicted molar refractivity (Wildman–Crippen MR) is 101 cm³/mol. The number of fused-ring (bicyclic) bond motifs is 1. The summed E-state index contributed by atoms with van der Waals surface area (Å²) < 4.78 is 5.66. The number of nitrogens with zero attached hydrogens (tertiary/aromatic N) is 1. The molecule has 1 aromatic carbocycles. The van der Waals surface area contributed by atoms with Crippen LogP contribution in [-0.2, 0) is 27.4 Å². The summed E-state index contributed by atoms with van der Waals surface area (Å²) in [6, 6.07) is 5.50. The molecule has 3 amide bonds. The molecule has 0 spiro atoms. The van der Waals surface area contributed by atoms with Gasteiger partial charge in [-0.15, -0.1) is 0 Å². The number of nitrogens with one attached hydrogen (secondary N) is 3. The zero-order valence-electron chi connectivity index (χ0n) is 16.2. The van der Waals surface area contributed by atoms with Crippen LogP contribution in [0.15, 0.2) is 18.2 Å². The van der Waals surface area contributed by atoms with Gasteiger partial charge in [-0.2, -0.15) is 0 Å². The van der Waals surface area contributed by atoms with Gasteiger partial charge in [-0.05, 0) is 37.5 Å². The lowest BCUT2D eigenvalue weighted by atomic mass is 10.0. The fraction of sp³-hybridized carbons (Fsp3) is 0.550. The van der Waals surface area contributed by atoms with Crippen molar-refractivity contribution < 1.29 is 19.1 Å². The minimum Gasteiger partial charge on any atom is -0.360 e. The van der Waals surface area contributed by atoms with Gasteiger partial charge < -0.3 is 15.0 Å². The number of rotatable bonds is 5. The smallest absolute Gasteiger partial charge is 0.255 e. The van der Waals surface area contributed by atoms with Crippen molar-refractivity contribution in [3.8, 4) is 0 Å². The third kappa shape index (κ3) is 3.80. The van der Waals surface area contributed by atoms with Crippen molar-refractivity contribution in [2.24, 2.45) is 0 Å². The van der Waals surface area contributed by atoms with Crippen LogP contribution in [0.4, 0.5) is 0 Å². The van der Waals surface area contributed by atoms with E-state index < -0.39 is 6.04 Å². The highest BCUT2D eigenvalue weighted by atomic mass is 16.5. The summed E-state index contributed by atoms with van der Waals surface area (Å²) >= 11 is 0. The van der Waals surface area contributed by atoms with Gasteiger partial charge in [-0.1, -0.05) is 12.1 Å². The van der Waals surface area contributed by atoms with Crippen LogP contribution < -0.4 is 16.0 Å². The van der Waals surface area contributed by atoms with Crippen molar-refractivity contribution >= 4 is 17.7 Å². The zero-order valence-corrected chi connectivity index (χ0v) is 16.2. The molecule has 0 aromatic heterocycles. The molecule has 0 radical (unpaired) electrons. The maximum Gasteiger partial charge on any atom is 0.255 e. The first kappa shape index (κ1) is 19.0. The van der Waals surface area contributed by atoms with E-state index in [1.54, 1.807) is 4.90 Å². The van der Waals surface area contributed by atoms with Gasteiger partial charge in [0.15, 0.2) is 0 Å².